The summed E-state index contributed by atoms with van der Waals surface area (Å²) in [6.07, 6.45) is 0.115. The quantitative estimate of drug-likeness (QED) is 0.813. The van der Waals surface area contributed by atoms with Gasteiger partial charge in [0.15, 0.2) is 0 Å². The van der Waals surface area contributed by atoms with Gasteiger partial charge in [0.1, 0.15) is 11.5 Å². The van der Waals surface area contributed by atoms with Gasteiger partial charge in [0.2, 0.25) is 0 Å². The molecule has 0 heterocycles. The molecular weight excluding hydrogens is 328 g/mol. The second-order valence-corrected chi connectivity index (χ2v) is 5.43. The number of aliphatic hydroxyl groups excluding tert-OH is 1. The van der Waals surface area contributed by atoms with Crippen LogP contribution in [0.15, 0.2) is 46.9 Å². The normalized spacial score (nSPS) is 12.2. The smallest absolute Gasteiger partial charge is 0.141 e. The number of para-hydroxylation sites is 1. The number of rotatable bonds is 4. The molecule has 0 saturated carbocycles. The first-order valence-electron chi connectivity index (χ1n) is 6.01. The Labute approximate surface area is 126 Å². The predicted octanol–water partition coefficient (Wildman–Crippen LogP) is 5.34. The maximum Gasteiger partial charge on any atom is 0.141 e. The summed E-state index contributed by atoms with van der Waals surface area (Å²) in [7, 11) is 0. The molecule has 0 radical (unpaired) electrons. The SMILES string of the molecule is CCC(O)c1ccccc1Oc1ccc(Cl)cc1Br. The van der Waals surface area contributed by atoms with Gasteiger partial charge in [-0.1, -0.05) is 36.7 Å². The van der Waals surface area contributed by atoms with Crippen LogP contribution in [-0.2, 0) is 0 Å². The second-order valence-electron chi connectivity index (χ2n) is 4.14. The molecule has 1 atom stereocenters. The fourth-order valence-corrected chi connectivity index (χ4v) is 2.51. The van der Waals surface area contributed by atoms with Crippen molar-refractivity contribution in [1.82, 2.24) is 0 Å². The Morgan fingerprint density at radius 2 is 1.95 bits per heavy atom. The lowest BCUT2D eigenvalue weighted by Crippen LogP contribution is -1.98. The molecule has 100 valence electrons. The largest absolute Gasteiger partial charge is 0.456 e. The van der Waals surface area contributed by atoms with E-state index in [2.05, 4.69) is 15.9 Å². The van der Waals surface area contributed by atoms with Crippen LogP contribution in [0.5, 0.6) is 11.5 Å². The third-order valence-electron chi connectivity index (χ3n) is 2.78. The van der Waals surface area contributed by atoms with E-state index in [9.17, 15) is 5.11 Å². The standard InChI is InChI=1S/C15H14BrClO2/c1-2-13(18)11-5-3-4-6-14(11)19-15-8-7-10(17)9-12(15)16/h3-9,13,18H,2H2,1H3. The molecule has 0 aliphatic heterocycles. The van der Waals surface area contributed by atoms with Crippen molar-refractivity contribution >= 4 is 27.5 Å². The lowest BCUT2D eigenvalue weighted by Gasteiger charge is -2.15. The molecule has 2 aromatic rings. The third kappa shape index (κ3) is 3.50. The zero-order chi connectivity index (χ0) is 13.8. The first-order valence-corrected chi connectivity index (χ1v) is 7.18. The Kier molecular flexibility index (Phi) is 4.86. The van der Waals surface area contributed by atoms with Gasteiger partial charge in [0, 0.05) is 10.6 Å². The third-order valence-corrected chi connectivity index (χ3v) is 3.63. The van der Waals surface area contributed by atoms with E-state index in [1.165, 1.54) is 0 Å². The minimum atomic E-state index is -0.526. The maximum atomic E-state index is 9.99. The van der Waals surface area contributed by atoms with Gasteiger partial charge in [0.25, 0.3) is 0 Å². The molecule has 0 aliphatic rings. The van der Waals surface area contributed by atoms with Crippen LogP contribution in [0.3, 0.4) is 0 Å². The van der Waals surface area contributed by atoms with Gasteiger partial charge in [-0.3, -0.25) is 0 Å². The number of hydrogen-bond donors (Lipinski definition) is 1. The molecule has 2 rings (SSSR count). The van der Waals surface area contributed by atoms with E-state index in [0.717, 1.165) is 10.0 Å². The summed E-state index contributed by atoms with van der Waals surface area (Å²) in [6.45, 7) is 1.93. The lowest BCUT2D eigenvalue weighted by atomic mass is 10.1. The van der Waals surface area contributed by atoms with Crippen molar-refractivity contribution in [3.8, 4) is 11.5 Å². The van der Waals surface area contributed by atoms with Crippen molar-refractivity contribution in [2.75, 3.05) is 0 Å². The molecule has 19 heavy (non-hydrogen) atoms. The summed E-state index contributed by atoms with van der Waals surface area (Å²) >= 11 is 9.31. The van der Waals surface area contributed by atoms with Crippen LogP contribution in [0.2, 0.25) is 5.02 Å². The van der Waals surface area contributed by atoms with Gasteiger partial charge in [-0.15, -0.1) is 0 Å². The van der Waals surface area contributed by atoms with E-state index < -0.39 is 6.10 Å². The van der Waals surface area contributed by atoms with Crippen molar-refractivity contribution in [3.63, 3.8) is 0 Å². The zero-order valence-corrected chi connectivity index (χ0v) is 12.8. The summed E-state index contributed by atoms with van der Waals surface area (Å²) < 4.78 is 6.63. The van der Waals surface area contributed by atoms with Crippen LogP contribution >= 0.6 is 27.5 Å². The molecule has 1 unspecified atom stereocenters. The molecule has 1 N–H and O–H groups in total. The maximum absolute atomic E-state index is 9.99. The van der Waals surface area contributed by atoms with E-state index in [4.69, 9.17) is 16.3 Å². The Balaban J connectivity index is 2.33. The molecule has 0 spiro atoms. The highest BCUT2D eigenvalue weighted by Crippen LogP contribution is 2.35. The van der Waals surface area contributed by atoms with Crippen molar-refractivity contribution < 1.29 is 9.84 Å². The number of benzene rings is 2. The van der Waals surface area contributed by atoms with E-state index >= 15 is 0 Å². The monoisotopic (exact) mass is 340 g/mol. The molecule has 0 aromatic heterocycles. The Hall–Kier alpha value is -1.03. The van der Waals surface area contributed by atoms with Crippen molar-refractivity contribution in [1.29, 1.82) is 0 Å². The minimum absolute atomic E-state index is 0.526. The number of aliphatic hydroxyl groups is 1. The second kappa shape index (κ2) is 6.42. The molecule has 0 aliphatic carbocycles. The van der Waals surface area contributed by atoms with Crippen LogP contribution in [0.1, 0.15) is 25.0 Å². The van der Waals surface area contributed by atoms with Gasteiger partial charge in [0.05, 0.1) is 10.6 Å². The fourth-order valence-electron chi connectivity index (χ4n) is 1.75. The molecule has 4 heteroatoms. The van der Waals surface area contributed by atoms with Gasteiger partial charge in [-0.2, -0.15) is 0 Å². The van der Waals surface area contributed by atoms with Crippen molar-refractivity contribution in [3.05, 3.63) is 57.5 Å². The molecule has 0 fully saturated rings. The fraction of sp³-hybridized carbons (Fsp3) is 0.200. The zero-order valence-electron chi connectivity index (χ0n) is 10.4. The highest BCUT2D eigenvalue weighted by Gasteiger charge is 2.12. The summed E-state index contributed by atoms with van der Waals surface area (Å²) in [5.74, 6) is 1.32. The molecule has 0 amide bonds. The van der Waals surface area contributed by atoms with Crippen LogP contribution in [0, 0.1) is 0 Å². The average Bonchev–Trinajstić information content (AvgIpc) is 2.41. The predicted molar refractivity (Wildman–Crippen MR) is 80.9 cm³/mol. The van der Waals surface area contributed by atoms with Gasteiger partial charge < -0.3 is 9.84 Å². The van der Waals surface area contributed by atoms with E-state index in [-0.39, 0.29) is 0 Å². The Bertz CT molecular complexity index is 572. The minimum Gasteiger partial charge on any atom is -0.456 e. The first kappa shape index (κ1) is 14.4. The first-order chi connectivity index (χ1) is 9.11. The highest BCUT2D eigenvalue weighted by molar-refractivity contribution is 9.10. The molecule has 2 aromatic carbocycles. The van der Waals surface area contributed by atoms with Gasteiger partial charge >= 0.3 is 0 Å². The van der Waals surface area contributed by atoms with E-state index in [0.29, 0.717) is 22.9 Å². The average molecular weight is 342 g/mol. The van der Waals surface area contributed by atoms with Crippen LogP contribution < -0.4 is 4.74 Å². The lowest BCUT2D eigenvalue weighted by molar-refractivity contribution is 0.170. The van der Waals surface area contributed by atoms with E-state index in [1.807, 2.05) is 31.2 Å². The van der Waals surface area contributed by atoms with Crippen molar-refractivity contribution in [2.24, 2.45) is 0 Å². The van der Waals surface area contributed by atoms with Gasteiger partial charge in [-0.05, 0) is 46.6 Å². The number of halogens is 2. The molecule has 0 saturated heterocycles. The summed E-state index contributed by atoms with van der Waals surface area (Å²) in [4.78, 5) is 0. The van der Waals surface area contributed by atoms with Crippen LogP contribution in [-0.4, -0.2) is 5.11 Å². The van der Waals surface area contributed by atoms with Crippen LogP contribution in [0.4, 0.5) is 0 Å². The van der Waals surface area contributed by atoms with Gasteiger partial charge in [-0.25, -0.2) is 0 Å². The van der Waals surface area contributed by atoms with E-state index in [1.54, 1.807) is 18.2 Å². The topological polar surface area (TPSA) is 29.5 Å². The molecule has 0 bridgehead atoms. The summed E-state index contributed by atoms with van der Waals surface area (Å²) in [6, 6.07) is 12.8. The molecule has 2 nitrogen and oxygen atoms in total. The van der Waals surface area contributed by atoms with Crippen molar-refractivity contribution in [2.45, 2.75) is 19.4 Å². The van der Waals surface area contributed by atoms with Crippen LogP contribution in [0.25, 0.3) is 0 Å². The highest BCUT2D eigenvalue weighted by atomic mass is 79.9. The molecular formula is C15H14BrClO2. The Morgan fingerprint density at radius 3 is 2.63 bits per heavy atom. The number of hydrogen-bond acceptors (Lipinski definition) is 2. The summed E-state index contributed by atoms with van der Waals surface area (Å²) in [5, 5.41) is 10.6. The number of ether oxygens (including phenoxy) is 1. The Morgan fingerprint density at radius 1 is 1.21 bits per heavy atom. The summed E-state index contributed by atoms with van der Waals surface area (Å²) in [5.41, 5.74) is 0.784.